The summed E-state index contributed by atoms with van der Waals surface area (Å²) < 4.78 is 18.0. The van der Waals surface area contributed by atoms with E-state index in [0.717, 1.165) is 18.5 Å². The van der Waals surface area contributed by atoms with Crippen molar-refractivity contribution in [2.75, 3.05) is 25.6 Å². The van der Waals surface area contributed by atoms with Gasteiger partial charge in [-0.1, -0.05) is 0 Å². The number of methoxy groups -OCH3 is 1. The van der Waals surface area contributed by atoms with Crippen LogP contribution in [0, 0.1) is 11.7 Å². The van der Waals surface area contributed by atoms with Gasteiger partial charge in [0, 0.05) is 12.8 Å². The fourth-order valence-corrected chi connectivity index (χ4v) is 2.18. The van der Waals surface area contributed by atoms with Crippen molar-refractivity contribution in [2.24, 2.45) is 5.92 Å². The molecule has 0 aliphatic heterocycles. The molecule has 2 N–H and O–H groups in total. The van der Waals surface area contributed by atoms with Gasteiger partial charge >= 0.3 is 0 Å². The lowest BCUT2D eigenvalue weighted by atomic mass is 9.94. The van der Waals surface area contributed by atoms with Crippen molar-refractivity contribution in [1.29, 1.82) is 0 Å². The Morgan fingerprint density at radius 1 is 1.41 bits per heavy atom. The monoisotopic (exact) mass is 239 g/mol. The Hall–Kier alpha value is -1.13. The van der Waals surface area contributed by atoms with Crippen molar-refractivity contribution in [1.82, 2.24) is 0 Å². The molecule has 2 rings (SSSR count). The van der Waals surface area contributed by atoms with E-state index in [0.29, 0.717) is 12.5 Å². The number of hydrogen-bond donors (Lipinski definition) is 2. The Kier molecular flexibility index (Phi) is 3.64. The zero-order valence-corrected chi connectivity index (χ0v) is 9.95. The fraction of sp³-hybridized carbons (Fsp3) is 0.538. The number of ether oxygens (including phenoxy) is 1. The van der Waals surface area contributed by atoms with Gasteiger partial charge in [-0.05, 0) is 43.0 Å². The van der Waals surface area contributed by atoms with E-state index in [9.17, 15) is 9.50 Å². The molecule has 1 aliphatic carbocycles. The summed E-state index contributed by atoms with van der Waals surface area (Å²) >= 11 is 0. The Morgan fingerprint density at radius 2 is 2.06 bits per heavy atom. The van der Waals surface area contributed by atoms with Crippen LogP contribution < -0.4 is 5.32 Å². The van der Waals surface area contributed by atoms with Crippen LogP contribution in [0.1, 0.15) is 12.8 Å². The van der Waals surface area contributed by atoms with Crippen molar-refractivity contribution in [3.8, 4) is 0 Å². The second-order valence-corrected chi connectivity index (χ2v) is 4.65. The highest BCUT2D eigenvalue weighted by Gasteiger charge is 2.45. The van der Waals surface area contributed by atoms with Crippen LogP contribution in [0.5, 0.6) is 0 Å². The topological polar surface area (TPSA) is 41.5 Å². The Labute approximate surface area is 101 Å². The predicted octanol–water partition coefficient (Wildman–Crippen LogP) is 2.03. The molecule has 0 saturated heterocycles. The molecule has 1 aromatic rings. The van der Waals surface area contributed by atoms with E-state index in [1.54, 1.807) is 19.2 Å². The maximum atomic E-state index is 12.8. The second kappa shape index (κ2) is 5.02. The molecule has 4 heteroatoms. The number of rotatable bonds is 6. The summed E-state index contributed by atoms with van der Waals surface area (Å²) in [5.41, 5.74) is 0.372. The molecule has 0 aromatic heterocycles. The molecule has 0 spiro atoms. The van der Waals surface area contributed by atoms with Crippen LogP contribution in [-0.4, -0.2) is 31.0 Å². The zero-order chi connectivity index (χ0) is 12.3. The minimum atomic E-state index is -0.438. The highest BCUT2D eigenvalue weighted by atomic mass is 19.1. The van der Waals surface area contributed by atoms with Gasteiger partial charge in [0.15, 0.2) is 0 Å². The second-order valence-electron chi connectivity index (χ2n) is 4.65. The molecule has 3 nitrogen and oxygen atoms in total. The number of halogens is 1. The maximum Gasteiger partial charge on any atom is 0.123 e. The third-order valence-electron chi connectivity index (χ3n) is 3.28. The molecule has 1 fully saturated rings. The van der Waals surface area contributed by atoms with E-state index in [4.69, 9.17) is 4.74 Å². The van der Waals surface area contributed by atoms with Crippen molar-refractivity contribution in [3.05, 3.63) is 30.1 Å². The minimum absolute atomic E-state index is 0.0167. The average Bonchev–Trinajstić information content (AvgIpc) is 3.16. The van der Waals surface area contributed by atoms with Crippen LogP contribution in [0.2, 0.25) is 0 Å². The van der Waals surface area contributed by atoms with Crippen LogP contribution in [0.4, 0.5) is 10.1 Å². The summed E-state index contributed by atoms with van der Waals surface area (Å²) in [6.07, 6.45) is 2.19. The standard InChI is InChI=1S/C13H18FNO2/c1-17-9-13(8-16,10-2-3-10)15-12-6-4-11(14)5-7-12/h4-7,10,15-16H,2-3,8-9H2,1H3. The molecule has 1 saturated carbocycles. The highest BCUT2D eigenvalue weighted by Crippen LogP contribution is 2.41. The van der Waals surface area contributed by atoms with Gasteiger partial charge in [0.1, 0.15) is 5.82 Å². The van der Waals surface area contributed by atoms with Gasteiger partial charge in [0.25, 0.3) is 0 Å². The molecule has 0 heterocycles. The average molecular weight is 239 g/mol. The quantitative estimate of drug-likeness (QED) is 0.798. The van der Waals surface area contributed by atoms with Gasteiger partial charge < -0.3 is 15.2 Å². The van der Waals surface area contributed by atoms with Crippen molar-refractivity contribution in [3.63, 3.8) is 0 Å². The summed E-state index contributed by atoms with van der Waals surface area (Å²) in [5.74, 6) is 0.167. The lowest BCUT2D eigenvalue weighted by Crippen LogP contribution is -2.48. The van der Waals surface area contributed by atoms with Crippen molar-refractivity contribution in [2.45, 2.75) is 18.4 Å². The van der Waals surface area contributed by atoms with Crippen LogP contribution >= 0.6 is 0 Å². The molecule has 94 valence electrons. The molecule has 1 atom stereocenters. The Morgan fingerprint density at radius 3 is 2.53 bits per heavy atom. The van der Waals surface area contributed by atoms with Crippen molar-refractivity contribution < 1.29 is 14.2 Å². The normalized spacial score (nSPS) is 18.8. The van der Waals surface area contributed by atoms with E-state index in [2.05, 4.69) is 5.32 Å². The van der Waals surface area contributed by atoms with Gasteiger partial charge in [-0.2, -0.15) is 0 Å². The number of nitrogens with one attached hydrogen (secondary N) is 1. The molecule has 1 aromatic carbocycles. The van der Waals surface area contributed by atoms with Crippen molar-refractivity contribution >= 4 is 5.69 Å². The third-order valence-corrected chi connectivity index (χ3v) is 3.28. The lowest BCUT2D eigenvalue weighted by molar-refractivity contribution is 0.0862. The number of hydrogen-bond acceptors (Lipinski definition) is 3. The summed E-state index contributed by atoms with van der Waals surface area (Å²) in [4.78, 5) is 0. The van der Waals surface area contributed by atoms with Gasteiger partial charge in [-0.25, -0.2) is 4.39 Å². The van der Waals surface area contributed by atoms with E-state index >= 15 is 0 Å². The summed E-state index contributed by atoms with van der Waals surface area (Å²) in [5, 5.41) is 12.9. The number of aliphatic hydroxyl groups excluding tert-OH is 1. The molecule has 1 aliphatic rings. The van der Waals surface area contributed by atoms with E-state index in [-0.39, 0.29) is 12.4 Å². The first kappa shape index (κ1) is 12.3. The third kappa shape index (κ3) is 2.76. The zero-order valence-electron chi connectivity index (χ0n) is 9.95. The first-order chi connectivity index (χ1) is 8.20. The highest BCUT2D eigenvalue weighted by molar-refractivity contribution is 5.46. The van der Waals surface area contributed by atoms with Crippen LogP contribution in [0.15, 0.2) is 24.3 Å². The van der Waals surface area contributed by atoms with E-state index in [1.165, 1.54) is 12.1 Å². The van der Waals surface area contributed by atoms with Crippen LogP contribution in [0.25, 0.3) is 0 Å². The van der Waals surface area contributed by atoms with Crippen LogP contribution in [-0.2, 0) is 4.74 Å². The first-order valence-corrected chi connectivity index (χ1v) is 5.84. The van der Waals surface area contributed by atoms with E-state index < -0.39 is 5.54 Å². The summed E-state index contributed by atoms with van der Waals surface area (Å²) in [6.45, 7) is 0.467. The lowest BCUT2D eigenvalue weighted by Gasteiger charge is -2.33. The van der Waals surface area contributed by atoms with Gasteiger partial charge in [0.2, 0.25) is 0 Å². The first-order valence-electron chi connectivity index (χ1n) is 5.84. The molecule has 0 amide bonds. The molecular formula is C13H18FNO2. The molecule has 0 radical (unpaired) electrons. The smallest absolute Gasteiger partial charge is 0.123 e. The number of anilines is 1. The van der Waals surface area contributed by atoms with E-state index in [1.807, 2.05) is 0 Å². The minimum Gasteiger partial charge on any atom is -0.394 e. The fourth-order valence-electron chi connectivity index (χ4n) is 2.18. The maximum absolute atomic E-state index is 12.8. The van der Waals surface area contributed by atoms with Crippen LogP contribution in [0.3, 0.4) is 0 Å². The molecule has 1 unspecified atom stereocenters. The Balaban J connectivity index is 2.13. The van der Waals surface area contributed by atoms with Gasteiger partial charge in [0.05, 0.1) is 18.8 Å². The molecule has 0 bridgehead atoms. The number of aliphatic hydroxyl groups is 1. The predicted molar refractivity (Wildman–Crippen MR) is 64.4 cm³/mol. The summed E-state index contributed by atoms with van der Waals surface area (Å²) in [7, 11) is 1.62. The largest absolute Gasteiger partial charge is 0.394 e. The van der Waals surface area contributed by atoms with Gasteiger partial charge in [-0.3, -0.25) is 0 Å². The van der Waals surface area contributed by atoms with Gasteiger partial charge in [-0.15, -0.1) is 0 Å². The number of benzene rings is 1. The molecular weight excluding hydrogens is 221 g/mol. The SMILES string of the molecule is COCC(CO)(Nc1ccc(F)cc1)C1CC1. The molecule has 17 heavy (non-hydrogen) atoms. The summed E-state index contributed by atoms with van der Waals surface area (Å²) in [6, 6.07) is 6.17. The Bertz CT molecular complexity index is 364.